The van der Waals surface area contributed by atoms with Crippen molar-refractivity contribution < 1.29 is 0 Å². The predicted octanol–water partition coefficient (Wildman–Crippen LogP) is 4.46. The van der Waals surface area contributed by atoms with Crippen molar-refractivity contribution >= 4 is 0 Å². The molecule has 0 heterocycles. The molecule has 0 N–H and O–H groups in total. The number of allylic oxidation sites excluding steroid dienone is 2. The molecule has 2 rings (SSSR count). The van der Waals surface area contributed by atoms with Gasteiger partial charge in [0.1, 0.15) is 0 Å². The molecule has 0 aromatic rings. The lowest BCUT2D eigenvalue weighted by Crippen LogP contribution is -2.08. The molecular weight excluding hydrogens is 156 g/mol. The van der Waals surface area contributed by atoms with E-state index in [2.05, 4.69) is 6.92 Å². The van der Waals surface area contributed by atoms with Crippen molar-refractivity contribution in [3.05, 3.63) is 11.1 Å². The quantitative estimate of drug-likeness (QED) is 0.480. The summed E-state index contributed by atoms with van der Waals surface area (Å²) < 4.78 is 0. The second kappa shape index (κ2) is 4.30. The van der Waals surface area contributed by atoms with Gasteiger partial charge in [0.25, 0.3) is 0 Å². The second-order valence-electron chi connectivity index (χ2n) is 4.97. The first-order valence-electron chi connectivity index (χ1n) is 6.06. The van der Waals surface area contributed by atoms with Crippen molar-refractivity contribution in [1.29, 1.82) is 0 Å². The second-order valence-corrected chi connectivity index (χ2v) is 4.97. The van der Waals surface area contributed by atoms with Crippen molar-refractivity contribution in [2.75, 3.05) is 0 Å². The third-order valence-electron chi connectivity index (χ3n) is 3.73. The molecule has 2 fully saturated rings. The van der Waals surface area contributed by atoms with Crippen LogP contribution in [0.2, 0.25) is 0 Å². The Labute approximate surface area is 82.4 Å². The molecule has 1 atom stereocenters. The summed E-state index contributed by atoms with van der Waals surface area (Å²) in [6, 6.07) is 0. The number of hydrogen-bond donors (Lipinski definition) is 0. The van der Waals surface area contributed by atoms with E-state index in [1.165, 1.54) is 57.8 Å². The highest BCUT2D eigenvalue weighted by molar-refractivity contribution is 5.17. The zero-order valence-corrected chi connectivity index (χ0v) is 8.94. The lowest BCUT2D eigenvalue weighted by Gasteiger charge is -2.26. The molecule has 0 heteroatoms. The van der Waals surface area contributed by atoms with E-state index >= 15 is 0 Å². The van der Waals surface area contributed by atoms with Crippen LogP contribution in [0.5, 0.6) is 0 Å². The fourth-order valence-electron chi connectivity index (χ4n) is 2.94. The van der Waals surface area contributed by atoms with Gasteiger partial charge in [0.2, 0.25) is 0 Å². The summed E-state index contributed by atoms with van der Waals surface area (Å²) >= 11 is 0. The Kier molecular flexibility index (Phi) is 3.08. The smallest absolute Gasteiger partial charge is 0.0292 e. The summed E-state index contributed by atoms with van der Waals surface area (Å²) in [5.74, 6) is 0.971. The molecule has 2 saturated carbocycles. The van der Waals surface area contributed by atoms with E-state index < -0.39 is 0 Å². The van der Waals surface area contributed by atoms with Crippen LogP contribution in [0.25, 0.3) is 0 Å². The highest BCUT2D eigenvalue weighted by Gasteiger charge is 2.17. The summed E-state index contributed by atoms with van der Waals surface area (Å²) in [5, 5.41) is 0. The van der Waals surface area contributed by atoms with Crippen molar-refractivity contribution in [2.45, 2.75) is 64.7 Å². The summed E-state index contributed by atoms with van der Waals surface area (Å²) in [5.41, 5.74) is 3.72. The van der Waals surface area contributed by atoms with Gasteiger partial charge < -0.3 is 0 Å². The van der Waals surface area contributed by atoms with Gasteiger partial charge in [0, 0.05) is 0 Å². The zero-order chi connectivity index (χ0) is 9.10. The van der Waals surface area contributed by atoms with E-state index in [0.29, 0.717) is 0 Å². The normalized spacial score (nSPS) is 30.7. The average Bonchev–Trinajstić information content (AvgIpc) is 2.19. The highest BCUT2D eigenvalue weighted by Crippen LogP contribution is 2.35. The molecule has 2 aliphatic carbocycles. The van der Waals surface area contributed by atoms with Gasteiger partial charge in [0.15, 0.2) is 0 Å². The molecule has 0 aliphatic heterocycles. The Morgan fingerprint density at radius 3 is 2.23 bits per heavy atom. The van der Waals surface area contributed by atoms with Gasteiger partial charge in [-0.1, -0.05) is 30.9 Å². The molecule has 0 spiro atoms. The maximum absolute atomic E-state index is 2.42. The Morgan fingerprint density at radius 2 is 1.54 bits per heavy atom. The van der Waals surface area contributed by atoms with Gasteiger partial charge in [-0.3, -0.25) is 0 Å². The van der Waals surface area contributed by atoms with Gasteiger partial charge in [-0.25, -0.2) is 0 Å². The van der Waals surface area contributed by atoms with Crippen LogP contribution < -0.4 is 0 Å². The lowest BCUT2D eigenvalue weighted by atomic mass is 9.80. The molecule has 2 aliphatic rings. The monoisotopic (exact) mass is 178 g/mol. The van der Waals surface area contributed by atoms with Crippen LogP contribution in [0.4, 0.5) is 0 Å². The Hall–Kier alpha value is -0.260. The van der Waals surface area contributed by atoms with Crippen LogP contribution in [0, 0.1) is 5.92 Å². The molecule has 0 amide bonds. The van der Waals surface area contributed by atoms with Gasteiger partial charge >= 0.3 is 0 Å². The fourth-order valence-corrected chi connectivity index (χ4v) is 2.94. The van der Waals surface area contributed by atoms with Crippen LogP contribution in [0.3, 0.4) is 0 Å². The topological polar surface area (TPSA) is 0 Å². The predicted molar refractivity (Wildman–Crippen MR) is 57.7 cm³/mol. The van der Waals surface area contributed by atoms with Gasteiger partial charge in [-0.05, 0) is 50.9 Å². The van der Waals surface area contributed by atoms with Gasteiger partial charge in [0.05, 0.1) is 0 Å². The third-order valence-corrected chi connectivity index (χ3v) is 3.73. The molecule has 0 aromatic carbocycles. The minimum Gasteiger partial charge on any atom is -0.0710 e. The Bertz CT molecular complexity index is 192. The van der Waals surface area contributed by atoms with E-state index in [-0.39, 0.29) is 0 Å². The molecule has 0 aromatic heterocycles. The molecule has 0 nitrogen and oxygen atoms in total. The van der Waals surface area contributed by atoms with Gasteiger partial charge in [-0.2, -0.15) is 0 Å². The minimum atomic E-state index is 0.971. The van der Waals surface area contributed by atoms with Crippen LogP contribution in [0.15, 0.2) is 11.1 Å². The molecule has 0 bridgehead atoms. The number of rotatable bonds is 0. The Balaban J connectivity index is 2.02. The van der Waals surface area contributed by atoms with Gasteiger partial charge in [-0.15, -0.1) is 0 Å². The van der Waals surface area contributed by atoms with E-state index in [1.54, 1.807) is 0 Å². The molecular formula is C13H22. The number of hydrogen-bond acceptors (Lipinski definition) is 0. The molecule has 0 radical (unpaired) electrons. The third kappa shape index (κ3) is 2.36. The zero-order valence-electron chi connectivity index (χ0n) is 8.94. The molecule has 13 heavy (non-hydrogen) atoms. The molecule has 74 valence electrons. The first-order chi connectivity index (χ1) is 6.36. The minimum absolute atomic E-state index is 0.971. The fraction of sp³-hybridized carbons (Fsp3) is 0.846. The van der Waals surface area contributed by atoms with Crippen molar-refractivity contribution in [3.8, 4) is 0 Å². The summed E-state index contributed by atoms with van der Waals surface area (Å²) in [4.78, 5) is 0. The maximum Gasteiger partial charge on any atom is -0.0292 e. The highest BCUT2D eigenvalue weighted by atomic mass is 14.2. The lowest BCUT2D eigenvalue weighted by molar-refractivity contribution is 0.441. The largest absolute Gasteiger partial charge is 0.0710 e. The Morgan fingerprint density at radius 1 is 0.846 bits per heavy atom. The van der Waals surface area contributed by atoms with Crippen molar-refractivity contribution in [1.82, 2.24) is 0 Å². The standard InChI is InChI=1S/C13H22/c1-11-6-5-9-13(10-11)12-7-3-2-4-8-12/h11H,2-10H2,1H3/t11-/m1/s1. The summed E-state index contributed by atoms with van der Waals surface area (Å²) in [7, 11) is 0. The van der Waals surface area contributed by atoms with Crippen molar-refractivity contribution in [3.63, 3.8) is 0 Å². The SMILES string of the molecule is C[C@@H]1CCCC(=C2CCCCC2)C1. The first kappa shape index (κ1) is 9.30. The molecule has 0 saturated heterocycles. The summed E-state index contributed by atoms with van der Waals surface area (Å²) in [6.07, 6.45) is 13.1. The van der Waals surface area contributed by atoms with Crippen LogP contribution >= 0.6 is 0 Å². The summed E-state index contributed by atoms with van der Waals surface area (Å²) in [6.45, 7) is 2.42. The van der Waals surface area contributed by atoms with Crippen LogP contribution in [-0.2, 0) is 0 Å². The van der Waals surface area contributed by atoms with E-state index in [4.69, 9.17) is 0 Å². The van der Waals surface area contributed by atoms with Crippen LogP contribution in [-0.4, -0.2) is 0 Å². The first-order valence-corrected chi connectivity index (χ1v) is 6.06. The van der Waals surface area contributed by atoms with E-state index in [0.717, 1.165) is 5.92 Å². The van der Waals surface area contributed by atoms with E-state index in [1.807, 2.05) is 11.1 Å². The van der Waals surface area contributed by atoms with Crippen molar-refractivity contribution in [2.24, 2.45) is 5.92 Å². The molecule has 0 unspecified atom stereocenters. The van der Waals surface area contributed by atoms with E-state index in [9.17, 15) is 0 Å². The van der Waals surface area contributed by atoms with Crippen LogP contribution in [0.1, 0.15) is 64.7 Å². The average molecular weight is 178 g/mol. The maximum atomic E-state index is 2.42.